The Kier molecular flexibility index (Phi) is 6.10. The zero-order valence-electron chi connectivity index (χ0n) is 12.3. The maximum absolute atomic E-state index is 5.80. The largest absolute Gasteiger partial charge is 0.497 e. The van der Waals surface area contributed by atoms with E-state index in [2.05, 4.69) is 15.4 Å². The lowest BCUT2D eigenvalue weighted by atomic mass is 10.1. The van der Waals surface area contributed by atoms with E-state index in [1.54, 1.807) is 7.11 Å². The minimum atomic E-state index is 0.0918. The van der Waals surface area contributed by atoms with Crippen LogP contribution in [-0.4, -0.2) is 29.1 Å². The molecule has 0 radical (unpaired) electrons. The second-order valence-corrected chi connectivity index (χ2v) is 5.86. The summed E-state index contributed by atoms with van der Waals surface area (Å²) in [6.45, 7) is 0.539. The van der Waals surface area contributed by atoms with Gasteiger partial charge in [0.25, 0.3) is 0 Å². The van der Waals surface area contributed by atoms with Gasteiger partial charge in [0, 0.05) is 25.4 Å². The smallest absolute Gasteiger partial charge is 0.146 e. The molecule has 0 saturated heterocycles. The molecule has 0 aliphatic carbocycles. The number of methoxy groups -OCH3 is 1. The Morgan fingerprint density at radius 1 is 1.38 bits per heavy atom. The van der Waals surface area contributed by atoms with Crippen molar-refractivity contribution in [3.05, 3.63) is 40.7 Å². The quantitative estimate of drug-likeness (QED) is 0.776. The molecule has 0 spiro atoms. The number of rotatable bonds is 8. The highest BCUT2D eigenvalue weighted by atomic mass is 32.1. The lowest BCUT2D eigenvalue weighted by Gasteiger charge is -2.06. The first kappa shape index (κ1) is 15.9. The van der Waals surface area contributed by atoms with Gasteiger partial charge in [0.1, 0.15) is 16.6 Å². The third-order valence-electron chi connectivity index (χ3n) is 3.27. The standard InChI is InChI=1S/C15H22N4OS/c1-20-13-6-2-4-11(8-13)9-14-18-15(21-19-14)7-3-5-12(17)10-16/h2,4,6,8,12H,3,5,7,9-10,16-17H2,1H3. The lowest BCUT2D eigenvalue weighted by Crippen LogP contribution is -2.29. The Bertz CT molecular complexity index is 558. The van der Waals surface area contributed by atoms with Gasteiger partial charge < -0.3 is 16.2 Å². The summed E-state index contributed by atoms with van der Waals surface area (Å²) in [6.07, 6.45) is 3.59. The van der Waals surface area contributed by atoms with Gasteiger partial charge in [-0.05, 0) is 42.1 Å². The van der Waals surface area contributed by atoms with Crippen molar-refractivity contribution < 1.29 is 4.74 Å². The normalized spacial score (nSPS) is 12.3. The minimum absolute atomic E-state index is 0.0918. The highest BCUT2D eigenvalue weighted by molar-refractivity contribution is 7.05. The topological polar surface area (TPSA) is 87.0 Å². The van der Waals surface area contributed by atoms with Crippen molar-refractivity contribution in [2.75, 3.05) is 13.7 Å². The molecule has 2 rings (SSSR count). The van der Waals surface area contributed by atoms with E-state index >= 15 is 0 Å². The van der Waals surface area contributed by atoms with E-state index < -0.39 is 0 Å². The first-order valence-corrected chi connectivity index (χ1v) is 7.88. The molecule has 0 aliphatic rings. The molecule has 5 nitrogen and oxygen atoms in total. The third kappa shape index (κ3) is 5.08. The molecule has 21 heavy (non-hydrogen) atoms. The van der Waals surface area contributed by atoms with Crippen LogP contribution in [0.2, 0.25) is 0 Å². The number of ether oxygens (including phenoxy) is 1. The van der Waals surface area contributed by atoms with E-state index in [-0.39, 0.29) is 6.04 Å². The van der Waals surface area contributed by atoms with Crippen LogP contribution in [0.5, 0.6) is 5.75 Å². The Morgan fingerprint density at radius 3 is 3.00 bits per heavy atom. The zero-order chi connectivity index (χ0) is 15.1. The van der Waals surface area contributed by atoms with Gasteiger partial charge in [0.15, 0.2) is 0 Å². The fourth-order valence-corrected chi connectivity index (χ4v) is 2.76. The van der Waals surface area contributed by atoms with Crippen molar-refractivity contribution >= 4 is 11.5 Å². The molecule has 4 N–H and O–H groups in total. The van der Waals surface area contributed by atoms with E-state index in [4.69, 9.17) is 16.2 Å². The Balaban J connectivity index is 1.87. The van der Waals surface area contributed by atoms with E-state index in [1.807, 2.05) is 18.2 Å². The van der Waals surface area contributed by atoms with Crippen LogP contribution in [0, 0.1) is 0 Å². The SMILES string of the molecule is COc1cccc(Cc2nsc(CCCC(N)CN)n2)c1. The van der Waals surface area contributed by atoms with Crippen LogP contribution in [0.4, 0.5) is 0 Å². The fourth-order valence-electron chi connectivity index (χ4n) is 2.06. The van der Waals surface area contributed by atoms with Crippen LogP contribution in [0.15, 0.2) is 24.3 Å². The summed E-state index contributed by atoms with van der Waals surface area (Å²) in [7, 11) is 1.67. The molecule has 0 amide bonds. The average Bonchev–Trinajstić information content (AvgIpc) is 2.94. The molecule has 0 aliphatic heterocycles. The second-order valence-electron chi connectivity index (χ2n) is 5.02. The number of aryl methyl sites for hydroxylation is 1. The first-order valence-electron chi connectivity index (χ1n) is 7.11. The number of benzene rings is 1. The number of hydrogen-bond donors (Lipinski definition) is 2. The molecule has 114 valence electrons. The zero-order valence-corrected chi connectivity index (χ0v) is 13.1. The first-order chi connectivity index (χ1) is 10.2. The Labute approximate surface area is 129 Å². The maximum atomic E-state index is 5.80. The molecule has 2 aromatic rings. The van der Waals surface area contributed by atoms with Gasteiger partial charge in [0.2, 0.25) is 0 Å². The maximum Gasteiger partial charge on any atom is 0.146 e. The van der Waals surface area contributed by atoms with Crippen molar-refractivity contribution in [3.8, 4) is 5.75 Å². The van der Waals surface area contributed by atoms with Gasteiger partial charge in [-0.15, -0.1) is 0 Å². The van der Waals surface area contributed by atoms with E-state index in [1.165, 1.54) is 11.5 Å². The van der Waals surface area contributed by atoms with Gasteiger partial charge in [-0.1, -0.05) is 12.1 Å². The monoisotopic (exact) mass is 306 g/mol. The van der Waals surface area contributed by atoms with Crippen LogP contribution < -0.4 is 16.2 Å². The van der Waals surface area contributed by atoms with Gasteiger partial charge in [-0.2, -0.15) is 4.37 Å². The summed E-state index contributed by atoms with van der Waals surface area (Å²) in [5, 5.41) is 1.07. The van der Waals surface area contributed by atoms with E-state index in [9.17, 15) is 0 Å². The van der Waals surface area contributed by atoms with Gasteiger partial charge >= 0.3 is 0 Å². The molecule has 0 saturated carbocycles. The summed E-state index contributed by atoms with van der Waals surface area (Å²) in [4.78, 5) is 4.58. The molecule has 0 bridgehead atoms. The van der Waals surface area contributed by atoms with Crippen molar-refractivity contribution in [1.82, 2.24) is 9.36 Å². The number of aromatic nitrogens is 2. The molecule has 1 aromatic heterocycles. The highest BCUT2D eigenvalue weighted by Crippen LogP contribution is 2.16. The Morgan fingerprint density at radius 2 is 2.24 bits per heavy atom. The molecule has 1 unspecified atom stereocenters. The molecule has 1 heterocycles. The molecular weight excluding hydrogens is 284 g/mol. The van der Waals surface area contributed by atoms with Crippen molar-refractivity contribution in [1.29, 1.82) is 0 Å². The summed E-state index contributed by atoms with van der Waals surface area (Å²) >= 11 is 1.47. The van der Waals surface area contributed by atoms with Crippen LogP contribution in [0.1, 0.15) is 29.2 Å². The summed E-state index contributed by atoms with van der Waals surface area (Å²) in [5.41, 5.74) is 12.5. The highest BCUT2D eigenvalue weighted by Gasteiger charge is 2.07. The van der Waals surface area contributed by atoms with Crippen molar-refractivity contribution in [3.63, 3.8) is 0 Å². The molecule has 1 atom stereocenters. The van der Waals surface area contributed by atoms with Crippen molar-refractivity contribution in [2.45, 2.75) is 31.7 Å². The molecular formula is C15H22N4OS. The van der Waals surface area contributed by atoms with Gasteiger partial charge in [-0.3, -0.25) is 0 Å². The third-order valence-corrected chi connectivity index (χ3v) is 4.08. The summed E-state index contributed by atoms with van der Waals surface area (Å²) in [5.74, 6) is 1.73. The Hall–Kier alpha value is -1.50. The predicted molar refractivity (Wildman–Crippen MR) is 85.7 cm³/mol. The summed E-state index contributed by atoms with van der Waals surface area (Å²) in [6, 6.07) is 8.08. The minimum Gasteiger partial charge on any atom is -0.497 e. The average molecular weight is 306 g/mol. The number of hydrogen-bond acceptors (Lipinski definition) is 6. The lowest BCUT2D eigenvalue weighted by molar-refractivity contribution is 0.414. The van der Waals surface area contributed by atoms with E-state index in [0.717, 1.165) is 47.8 Å². The number of nitrogens with zero attached hydrogens (tertiary/aromatic N) is 2. The number of nitrogens with two attached hydrogens (primary N) is 2. The fraction of sp³-hybridized carbons (Fsp3) is 0.467. The second kappa shape index (κ2) is 8.07. The van der Waals surface area contributed by atoms with E-state index in [0.29, 0.717) is 6.54 Å². The van der Waals surface area contributed by atoms with Gasteiger partial charge in [-0.25, -0.2) is 4.98 Å². The predicted octanol–water partition coefficient (Wildman–Crippen LogP) is 1.75. The molecule has 6 heteroatoms. The van der Waals surface area contributed by atoms with Crippen LogP contribution in [0.3, 0.4) is 0 Å². The van der Waals surface area contributed by atoms with Crippen LogP contribution >= 0.6 is 11.5 Å². The molecule has 1 aromatic carbocycles. The summed E-state index contributed by atoms with van der Waals surface area (Å²) < 4.78 is 9.64. The molecule has 0 fully saturated rings. The van der Waals surface area contributed by atoms with Gasteiger partial charge in [0.05, 0.1) is 7.11 Å². The van der Waals surface area contributed by atoms with Crippen LogP contribution in [-0.2, 0) is 12.8 Å². The van der Waals surface area contributed by atoms with Crippen molar-refractivity contribution in [2.24, 2.45) is 11.5 Å². The van der Waals surface area contributed by atoms with Crippen LogP contribution in [0.25, 0.3) is 0 Å².